The van der Waals surface area contributed by atoms with Crippen molar-refractivity contribution in [3.63, 3.8) is 0 Å². The van der Waals surface area contributed by atoms with E-state index >= 15 is 0 Å². The maximum atomic E-state index is 11.2. The Morgan fingerprint density at radius 2 is 1.82 bits per heavy atom. The molecule has 0 unspecified atom stereocenters. The summed E-state index contributed by atoms with van der Waals surface area (Å²) in [6.07, 6.45) is 7.30. The maximum Gasteiger partial charge on any atom is 0.310 e. The highest BCUT2D eigenvalue weighted by Crippen LogP contribution is 2.28. The number of carbonyl (C=O) groups excluding carboxylic acids is 2. The van der Waals surface area contributed by atoms with Gasteiger partial charge >= 0.3 is 11.8 Å². The highest BCUT2D eigenvalue weighted by atomic mass is 16.2. The van der Waals surface area contributed by atoms with Crippen molar-refractivity contribution in [2.45, 2.75) is 38.5 Å². The van der Waals surface area contributed by atoms with Crippen LogP contribution in [-0.2, 0) is 9.59 Å². The summed E-state index contributed by atoms with van der Waals surface area (Å²) in [6, 6.07) is 1.75. The molecule has 0 radical (unpaired) electrons. The third-order valence-corrected chi connectivity index (χ3v) is 3.08. The summed E-state index contributed by atoms with van der Waals surface area (Å²) < 4.78 is 0. The van der Waals surface area contributed by atoms with Gasteiger partial charge in [-0.2, -0.15) is 5.26 Å². The van der Waals surface area contributed by atoms with Crippen molar-refractivity contribution in [1.29, 1.82) is 5.26 Å². The van der Waals surface area contributed by atoms with Gasteiger partial charge in [-0.1, -0.05) is 25.7 Å². The Labute approximate surface area is 102 Å². The van der Waals surface area contributed by atoms with E-state index in [-0.39, 0.29) is 6.54 Å². The zero-order chi connectivity index (χ0) is 12.5. The molecule has 1 aliphatic rings. The summed E-state index contributed by atoms with van der Waals surface area (Å²) in [5.74, 6) is -0.571. The number of nitrogens with one attached hydrogen (secondary N) is 2. The Hall–Kier alpha value is -1.57. The molecule has 94 valence electrons. The van der Waals surface area contributed by atoms with E-state index < -0.39 is 11.8 Å². The van der Waals surface area contributed by atoms with E-state index in [0.29, 0.717) is 6.54 Å². The van der Waals surface area contributed by atoms with Crippen LogP contribution in [0.2, 0.25) is 0 Å². The fourth-order valence-corrected chi connectivity index (χ4v) is 2.17. The Morgan fingerprint density at radius 3 is 2.47 bits per heavy atom. The van der Waals surface area contributed by atoms with Gasteiger partial charge in [0.25, 0.3) is 0 Å². The molecule has 1 fully saturated rings. The van der Waals surface area contributed by atoms with Crippen LogP contribution >= 0.6 is 0 Å². The molecule has 1 aliphatic carbocycles. The molecule has 0 spiro atoms. The van der Waals surface area contributed by atoms with E-state index in [0.717, 1.165) is 18.8 Å². The topological polar surface area (TPSA) is 82.0 Å². The quantitative estimate of drug-likeness (QED) is 0.420. The first-order valence-electron chi connectivity index (χ1n) is 6.17. The molecule has 17 heavy (non-hydrogen) atoms. The highest BCUT2D eigenvalue weighted by molar-refractivity contribution is 6.35. The van der Waals surface area contributed by atoms with Crippen LogP contribution in [0.5, 0.6) is 0 Å². The predicted octanol–water partition coefficient (Wildman–Crippen LogP) is 0.713. The van der Waals surface area contributed by atoms with E-state index in [4.69, 9.17) is 5.26 Å². The van der Waals surface area contributed by atoms with Crippen LogP contribution in [0.25, 0.3) is 0 Å². The average molecular weight is 237 g/mol. The largest absolute Gasteiger partial charge is 0.348 e. The first-order chi connectivity index (χ1) is 8.24. The molecule has 0 bridgehead atoms. The monoisotopic (exact) mass is 237 g/mol. The van der Waals surface area contributed by atoms with Crippen molar-refractivity contribution in [3.05, 3.63) is 0 Å². The number of amides is 2. The van der Waals surface area contributed by atoms with E-state index in [2.05, 4.69) is 10.6 Å². The van der Waals surface area contributed by atoms with Crippen LogP contribution in [0.3, 0.4) is 0 Å². The van der Waals surface area contributed by atoms with Crippen molar-refractivity contribution < 1.29 is 9.59 Å². The Balaban J connectivity index is 2.03. The number of carbonyl (C=O) groups is 2. The zero-order valence-electron chi connectivity index (χ0n) is 10.00. The second kappa shape index (κ2) is 7.66. The van der Waals surface area contributed by atoms with Crippen molar-refractivity contribution in [1.82, 2.24) is 10.6 Å². The van der Waals surface area contributed by atoms with Gasteiger partial charge in [0.1, 0.15) is 6.54 Å². The number of rotatable bonds is 5. The van der Waals surface area contributed by atoms with E-state index in [9.17, 15) is 9.59 Å². The molecular weight excluding hydrogens is 218 g/mol. The summed E-state index contributed by atoms with van der Waals surface area (Å²) >= 11 is 0. The molecule has 0 heterocycles. The Kier molecular flexibility index (Phi) is 6.08. The van der Waals surface area contributed by atoms with E-state index in [1.807, 2.05) is 0 Å². The lowest BCUT2D eigenvalue weighted by Crippen LogP contribution is -2.40. The Bertz CT molecular complexity index is 303. The van der Waals surface area contributed by atoms with Crippen molar-refractivity contribution >= 4 is 11.8 Å². The molecule has 1 rings (SSSR count). The molecule has 5 heteroatoms. The van der Waals surface area contributed by atoms with Gasteiger partial charge in [-0.25, -0.2) is 0 Å². The third kappa shape index (κ3) is 5.34. The highest BCUT2D eigenvalue weighted by Gasteiger charge is 2.15. The van der Waals surface area contributed by atoms with Gasteiger partial charge in [0, 0.05) is 6.54 Å². The summed E-state index contributed by atoms with van der Waals surface area (Å²) in [7, 11) is 0. The summed E-state index contributed by atoms with van der Waals surface area (Å²) in [6.45, 7) is 0.406. The summed E-state index contributed by atoms with van der Waals surface area (Å²) in [4.78, 5) is 22.3. The van der Waals surface area contributed by atoms with Crippen LogP contribution in [0.15, 0.2) is 0 Å². The molecule has 0 aromatic heterocycles. The number of nitriles is 1. The lowest BCUT2D eigenvalue weighted by atomic mass is 10.0. The van der Waals surface area contributed by atoms with Gasteiger partial charge in [0.15, 0.2) is 0 Å². The summed E-state index contributed by atoms with van der Waals surface area (Å²) in [5.41, 5.74) is 0. The standard InChI is InChI=1S/C12H19N3O2/c13-7-9-15-12(17)11(16)14-8-3-6-10-4-1-2-5-10/h10H,1-6,8-9H2,(H,14,16)(H,15,17). The zero-order valence-corrected chi connectivity index (χ0v) is 10.00. The second-order valence-corrected chi connectivity index (χ2v) is 4.39. The summed E-state index contributed by atoms with van der Waals surface area (Å²) in [5, 5.41) is 13.0. The Morgan fingerprint density at radius 1 is 1.18 bits per heavy atom. The molecule has 0 aliphatic heterocycles. The van der Waals surface area contributed by atoms with Crippen LogP contribution in [0.4, 0.5) is 0 Å². The van der Waals surface area contributed by atoms with Crippen LogP contribution in [0.1, 0.15) is 38.5 Å². The lowest BCUT2D eigenvalue weighted by Gasteiger charge is -2.08. The fourth-order valence-electron chi connectivity index (χ4n) is 2.17. The first-order valence-corrected chi connectivity index (χ1v) is 6.17. The van der Waals surface area contributed by atoms with Crippen molar-refractivity contribution in [2.24, 2.45) is 5.92 Å². The molecule has 2 N–H and O–H groups in total. The normalized spacial score (nSPS) is 15.2. The molecular formula is C12H19N3O2. The van der Waals surface area contributed by atoms with Gasteiger partial charge in [0.05, 0.1) is 6.07 Å². The lowest BCUT2D eigenvalue weighted by molar-refractivity contribution is -0.139. The van der Waals surface area contributed by atoms with Crippen LogP contribution in [0, 0.1) is 17.2 Å². The van der Waals surface area contributed by atoms with Gasteiger partial charge < -0.3 is 10.6 Å². The molecule has 0 aromatic rings. The van der Waals surface area contributed by atoms with Gasteiger partial charge in [-0.15, -0.1) is 0 Å². The van der Waals surface area contributed by atoms with Gasteiger partial charge in [-0.05, 0) is 18.8 Å². The minimum Gasteiger partial charge on any atom is -0.348 e. The molecule has 0 saturated heterocycles. The SMILES string of the molecule is N#CCNC(=O)C(=O)NCCCC1CCCC1. The average Bonchev–Trinajstić information content (AvgIpc) is 2.84. The second-order valence-electron chi connectivity index (χ2n) is 4.39. The smallest absolute Gasteiger partial charge is 0.310 e. The number of hydrogen-bond acceptors (Lipinski definition) is 3. The van der Waals surface area contributed by atoms with E-state index in [1.54, 1.807) is 6.07 Å². The number of hydrogen-bond donors (Lipinski definition) is 2. The predicted molar refractivity (Wildman–Crippen MR) is 62.8 cm³/mol. The minimum absolute atomic E-state index is 0.131. The molecule has 1 saturated carbocycles. The minimum atomic E-state index is -0.729. The fraction of sp³-hybridized carbons (Fsp3) is 0.750. The van der Waals surface area contributed by atoms with Crippen LogP contribution in [-0.4, -0.2) is 24.9 Å². The van der Waals surface area contributed by atoms with Crippen LogP contribution < -0.4 is 10.6 Å². The maximum absolute atomic E-state index is 11.2. The number of nitrogens with zero attached hydrogens (tertiary/aromatic N) is 1. The van der Waals surface area contributed by atoms with Crippen molar-refractivity contribution in [3.8, 4) is 6.07 Å². The molecule has 2 amide bonds. The molecule has 5 nitrogen and oxygen atoms in total. The van der Waals surface area contributed by atoms with Gasteiger partial charge in [0.2, 0.25) is 0 Å². The third-order valence-electron chi connectivity index (χ3n) is 3.08. The van der Waals surface area contributed by atoms with Crippen molar-refractivity contribution in [2.75, 3.05) is 13.1 Å². The van der Waals surface area contributed by atoms with E-state index in [1.165, 1.54) is 25.7 Å². The molecule has 0 aromatic carbocycles. The first kappa shape index (κ1) is 13.5. The molecule has 0 atom stereocenters. The van der Waals surface area contributed by atoms with Gasteiger partial charge in [-0.3, -0.25) is 9.59 Å².